The molecular formula is C31H21ClN4O4. The summed E-state index contributed by atoms with van der Waals surface area (Å²) in [4.78, 5) is 28.1. The number of halogens is 1. The third kappa shape index (κ3) is 4.53. The summed E-state index contributed by atoms with van der Waals surface area (Å²) in [7, 11) is 0. The van der Waals surface area contributed by atoms with Crippen molar-refractivity contribution in [1.29, 1.82) is 5.26 Å². The predicted molar refractivity (Wildman–Crippen MR) is 148 cm³/mol. The van der Waals surface area contributed by atoms with Crippen molar-refractivity contribution < 1.29 is 19.1 Å². The summed E-state index contributed by atoms with van der Waals surface area (Å²) in [6.45, 7) is 1.69. The number of aromatic nitrogens is 2. The van der Waals surface area contributed by atoms with Crippen molar-refractivity contribution in [3.63, 3.8) is 0 Å². The van der Waals surface area contributed by atoms with Gasteiger partial charge in [-0.2, -0.15) is 10.4 Å². The Balaban J connectivity index is 1.45. The minimum Gasteiger partial charge on any atom is -0.454 e. The number of fused-ring (bicyclic) bond motifs is 1. The van der Waals surface area contributed by atoms with Gasteiger partial charge in [0.15, 0.2) is 11.5 Å². The van der Waals surface area contributed by atoms with Crippen molar-refractivity contribution in [1.82, 2.24) is 14.7 Å². The zero-order chi connectivity index (χ0) is 27.8. The van der Waals surface area contributed by atoms with Gasteiger partial charge in [0.1, 0.15) is 11.6 Å². The average Bonchev–Trinajstić information content (AvgIpc) is 3.62. The number of nitrogens with zero attached hydrogens (tertiary/aromatic N) is 4. The molecule has 0 aliphatic carbocycles. The first-order valence-electron chi connectivity index (χ1n) is 12.4. The first kappa shape index (κ1) is 25.2. The van der Waals surface area contributed by atoms with Crippen LogP contribution in [0.5, 0.6) is 11.5 Å². The lowest BCUT2D eigenvalue weighted by molar-refractivity contribution is -0.141. The quantitative estimate of drug-likeness (QED) is 0.234. The summed E-state index contributed by atoms with van der Waals surface area (Å²) in [6, 6.07) is 24.0. The Hall–Kier alpha value is -5.13. The zero-order valence-corrected chi connectivity index (χ0v) is 22.1. The maximum Gasteiger partial charge on any atom is 0.271 e. The number of rotatable bonds is 5. The van der Waals surface area contributed by atoms with Crippen LogP contribution in [0.3, 0.4) is 0 Å². The van der Waals surface area contributed by atoms with Crippen molar-refractivity contribution >= 4 is 29.5 Å². The van der Waals surface area contributed by atoms with E-state index >= 15 is 0 Å². The van der Waals surface area contributed by atoms with Gasteiger partial charge < -0.3 is 9.47 Å². The molecule has 0 radical (unpaired) electrons. The molecule has 9 heteroatoms. The van der Waals surface area contributed by atoms with E-state index in [1.807, 2.05) is 54.7 Å². The Bertz CT molecular complexity index is 1770. The molecule has 2 aliphatic rings. The third-order valence-corrected chi connectivity index (χ3v) is 7.04. The maximum atomic E-state index is 13.8. The molecule has 0 fully saturated rings. The molecule has 4 aromatic rings. The number of imide groups is 1. The largest absolute Gasteiger partial charge is 0.454 e. The molecule has 0 saturated carbocycles. The van der Waals surface area contributed by atoms with Gasteiger partial charge in [-0.15, -0.1) is 0 Å². The van der Waals surface area contributed by atoms with Gasteiger partial charge in [0.05, 0.1) is 17.9 Å². The van der Waals surface area contributed by atoms with E-state index in [2.05, 4.69) is 0 Å². The molecule has 8 nitrogen and oxygen atoms in total. The summed E-state index contributed by atoms with van der Waals surface area (Å²) in [5.74, 6) is -0.0102. The van der Waals surface area contributed by atoms with Crippen molar-refractivity contribution in [2.75, 3.05) is 6.79 Å². The summed E-state index contributed by atoms with van der Waals surface area (Å²) >= 11 is 6.12. The molecule has 2 aliphatic heterocycles. The van der Waals surface area contributed by atoms with E-state index in [1.165, 1.54) is 0 Å². The lowest BCUT2D eigenvalue weighted by atomic mass is 9.93. The van der Waals surface area contributed by atoms with Crippen LogP contribution < -0.4 is 9.47 Å². The number of para-hydroxylation sites is 1. The molecule has 196 valence electrons. The number of hydrogen-bond donors (Lipinski definition) is 0. The zero-order valence-electron chi connectivity index (χ0n) is 21.3. The van der Waals surface area contributed by atoms with Crippen molar-refractivity contribution in [3.8, 4) is 34.5 Å². The number of amides is 2. The number of ether oxygens (including phenoxy) is 2. The van der Waals surface area contributed by atoms with Crippen LogP contribution in [0.15, 0.2) is 95.7 Å². The molecular weight excluding hydrogens is 528 g/mol. The molecule has 40 heavy (non-hydrogen) atoms. The first-order valence-corrected chi connectivity index (χ1v) is 12.8. The summed E-state index contributed by atoms with van der Waals surface area (Å²) in [6.07, 6.45) is 3.50. The van der Waals surface area contributed by atoms with Crippen molar-refractivity contribution in [2.24, 2.45) is 0 Å². The van der Waals surface area contributed by atoms with Gasteiger partial charge >= 0.3 is 0 Å². The van der Waals surface area contributed by atoms with Crippen LogP contribution >= 0.6 is 11.6 Å². The third-order valence-electron chi connectivity index (χ3n) is 6.78. The summed E-state index contributed by atoms with van der Waals surface area (Å²) in [5.41, 5.74) is 4.02. The van der Waals surface area contributed by atoms with E-state index in [9.17, 15) is 14.9 Å². The Kier molecular flexibility index (Phi) is 6.42. The van der Waals surface area contributed by atoms with Gasteiger partial charge in [0.2, 0.25) is 6.79 Å². The minimum absolute atomic E-state index is 0.0303. The van der Waals surface area contributed by atoms with Gasteiger partial charge in [-0.05, 0) is 60.5 Å². The van der Waals surface area contributed by atoms with E-state index in [0.717, 1.165) is 16.2 Å². The van der Waals surface area contributed by atoms with Gasteiger partial charge in [-0.1, -0.05) is 48.0 Å². The van der Waals surface area contributed by atoms with Crippen molar-refractivity contribution in [2.45, 2.75) is 13.5 Å². The van der Waals surface area contributed by atoms with E-state index < -0.39 is 11.8 Å². The fourth-order valence-corrected chi connectivity index (χ4v) is 4.81. The molecule has 0 spiro atoms. The Morgan fingerprint density at radius 3 is 2.50 bits per heavy atom. The van der Waals surface area contributed by atoms with Gasteiger partial charge in [0, 0.05) is 27.9 Å². The molecule has 0 atom stereocenters. The average molecular weight is 549 g/mol. The molecule has 0 saturated heterocycles. The summed E-state index contributed by atoms with van der Waals surface area (Å²) < 4.78 is 12.5. The predicted octanol–water partition coefficient (Wildman–Crippen LogP) is 5.71. The molecule has 0 bridgehead atoms. The fraction of sp³-hybridized carbons (Fsp3) is 0.0968. The van der Waals surface area contributed by atoms with E-state index in [0.29, 0.717) is 38.9 Å². The highest BCUT2D eigenvalue weighted by Crippen LogP contribution is 2.35. The first-order chi connectivity index (χ1) is 19.4. The number of carbonyl (C=O) groups is 2. The van der Waals surface area contributed by atoms with Crippen LogP contribution in [0.25, 0.3) is 23.0 Å². The lowest BCUT2D eigenvalue weighted by Crippen LogP contribution is -2.42. The van der Waals surface area contributed by atoms with Crippen LogP contribution in [-0.2, 0) is 16.1 Å². The normalized spacial score (nSPS) is 15.6. The van der Waals surface area contributed by atoms with Crippen LogP contribution in [0, 0.1) is 11.3 Å². The smallest absolute Gasteiger partial charge is 0.271 e. The van der Waals surface area contributed by atoms with Gasteiger partial charge in [0.25, 0.3) is 11.8 Å². The molecule has 3 heterocycles. The monoisotopic (exact) mass is 548 g/mol. The molecule has 6 rings (SSSR count). The van der Waals surface area contributed by atoms with E-state index in [-0.39, 0.29) is 24.5 Å². The number of nitriles is 1. The number of carbonyl (C=O) groups excluding carboxylic acids is 2. The topological polar surface area (TPSA) is 97.5 Å². The van der Waals surface area contributed by atoms with E-state index in [4.69, 9.17) is 26.2 Å². The highest BCUT2D eigenvalue weighted by molar-refractivity contribution is 6.30. The van der Waals surface area contributed by atoms with Crippen LogP contribution in [0.4, 0.5) is 0 Å². The Labute approximate surface area is 234 Å². The molecule has 3 aromatic carbocycles. The Morgan fingerprint density at radius 1 is 1.00 bits per heavy atom. The van der Waals surface area contributed by atoms with Crippen LogP contribution in [-0.4, -0.2) is 33.3 Å². The van der Waals surface area contributed by atoms with Crippen molar-refractivity contribution in [3.05, 3.63) is 112 Å². The standard InChI is InChI=1S/C31H21ClN4O4/c1-19-25(30(37)35(31(38)26(19)15-33)16-20-7-12-27-28(13-20)40-18-39-27)14-22-17-36(24-5-3-2-4-6-24)34-29(22)21-8-10-23(32)11-9-21/h2-14,17H,16,18H2,1H3/b25-14+. The fourth-order valence-electron chi connectivity index (χ4n) is 4.69. The van der Waals surface area contributed by atoms with E-state index in [1.54, 1.807) is 48.0 Å². The second kappa shape index (κ2) is 10.2. The molecule has 0 N–H and O–H groups in total. The second-order valence-electron chi connectivity index (χ2n) is 9.27. The maximum absolute atomic E-state index is 13.8. The summed E-state index contributed by atoms with van der Waals surface area (Å²) in [5, 5.41) is 15.3. The van der Waals surface area contributed by atoms with Crippen LogP contribution in [0.1, 0.15) is 18.1 Å². The molecule has 1 aromatic heterocycles. The van der Waals surface area contributed by atoms with Gasteiger partial charge in [-0.25, -0.2) is 4.68 Å². The Morgan fingerprint density at radius 2 is 1.75 bits per heavy atom. The SMILES string of the molecule is CC1=C(C#N)C(=O)N(Cc2ccc3c(c2)OCO3)C(=O)/C1=C/c1cn(-c2ccccc2)nc1-c1ccc(Cl)cc1. The molecule has 2 amide bonds. The number of hydrogen-bond acceptors (Lipinski definition) is 6. The van der Waals surface area contributed by atoms with Crippen LogP contribution in [0.2, 0.25) is 5.02 Å². The minimum atomic E-state index is -0.641. The highest BCUT2D eigenvalue weighted by Gasteiger charge is 2.36. The lowest BCUT2D eigenvalue weighted by Gasteiger charge is -2.27. The molecule has 0 unspecified atom stereocenters. The number of benzene rings is 3. The van der Waals surface area contributed by atoms with Gasteiger partial charge in [-0.3, -0.25) is 14.5 Å². The highest BCUT2D eigenvalue weighted by atomic mass is 35.5. The second-order valence-corrected chi connectivity index (χ2v) is 9.71.